The summed E-state index contributed by atoms with van der Waals surface area (Å²) in [6, 6.07) is 13.2. The number of sulfonamides is 1. The van der Waals surface area contributed by atoms with E-state index in [1.807, 2.05) is 13.8 Å². The van der Waals surface area contributed by atoms with Gasteiger partial charge in [-0.3, -0.25) is 9.52 Å². The summed E-state index contributed by atoms with van der Waals surface area (Å²) in [4.78, 5) is 12.6. The van der Waals surface area contributed by atoms with Gasteiger partial charge in [-0.15, -0.1) is 0 Å². The molecule has 0 aliphatic rings. The first-order valence-electron chi connectivity index (χ1n) is 8.75. The third-order valence-corrected chi connectivity index (χ3v) is 4.69. The van der Waals surface area contributed by atoms with E-state index in [4.69, 9.17) is 9.26 Å². The predicted octanol–water partition coefficient (Wildman–Crippen LogP) is 3.49. The van der Waals surface area contributed by atoms with Crippen LogP contribution in [-0.2, 0) is 16.6 Å². The van der Waals surface area contributed by atoms with E-state index in [1.54, 1.807) is 42.5 Å². The molecule has 0 radical (unpaired) electrons. The first kappa shape index (κ1) is 20.4. The smallest absolute Gasteiger partial charge is 0.255 e. The highest BCUT2D eigenvalue weighted by atomic mass is 32.2. The zero-order valence-corrected chi connectivity index (χ0v) is 17.0. The highest BCUT2D eigenvalue weighted by Gasteiger charge is 2.12. The van der Waals surface area contributed by atoms with E-state index in [2.05, 4.69) is 15.2 Å². The van der Waals surface area contributed by atoms with Crippen LogP contribution in [0, 0.1) is 13.8 Å². The van der Waals surface area contributed by atoms with Crippen molar-refractivity contribution in [1.29, 1.82) is 0 Å². The molecule has 2 N–H and O–H groups in total. The monoisotopic (exact) mass is 415 g/mol. The first-order valence-corrected chi connectivity index (χ1v) is 10.6. The largest absolute Gasteiger partial charge is 0.489 e. The molecule has 1 aromatic heterocycles. The zero-order chi connectivity index (χ0) is 21.0. The van der Waals surface area contributed by atoms with Gasteiger partial charge in [0.2, 0.25) is 10.0 Å². The average Bonchev–Trinajstić information content (AvgIpc) is 2.97. The van der Waals surface area contributed by atoms with E-state index in [0.717, 1.165) is 17.5 Å². The standard InChI is InChI=1S/C20H21N3O5S/c1-13-19(14(2)28-22-13)12-27-18-9-4-6-15(10-18)20(24)21-16-7-5-8-17(11-16)23-29(3,25)26/h4-11,23H,12H2,1-3H3,(H,21,24). The van der Waals surface area contributed by atoms with Crippen LogP contribution in [-0.4, -0.2) is 25.7 Å². The molecule has 29 heavy (non-hydrogen) atoms. The molecule has 0 fully saturated rings. The molecule has 0 unspecified atom stereocenters. The number of hydrogen-bond acceptors (Lipinski definition) is 6. The van der Waals surface area contributed by atoms with Crippen LogP contribution < -0.4 is 14.8 Å². The molecule has 1 heterocycles. The Balaban J connectivity index is 1.69. The quantitative estimate of drug-likeness (QED) is 0.611. The van der Waals surface area contributed by atoms with Crippen LogP contribution in [0.2, 0.25) is 0 Å². The summed E-state index contributed by atoms with van der Waals surface area (Å²) in [5.74, 6) is 0.883. The summed E-state index contributed by atoms with van der Waals surface area (Å²) in [5.41, 5.74) is 2.87. The second-order valence-corrected chi connectivity index (χ2v) is 8.28. The highest BCUT2D eigenvalue weighted by molar-refractivity contribution is 7.92. The molecule has 0 spiro atoms. The Bertz CT molecular complexity index is 1120. The van der Waals surface area contributed by atoms with Gasteiger partial charge in [-0.25, -0.2) is 8.42 Å². The van der Waals surface area contributed by atoms with Crippen molar-refractivity contribution in [2.24, 2.45) is 0 Å². The van der Waals surface area contributed by atoms with Gasteiger partial charge >= 0.3 is 0 Å². The van der Waals surface area contributed by atoms with Crippen molar-refractivity contribution in [2.75, 3.05) is 16.3 Å². The number of carbonyl (C=O) groups excluding carboxylic acids is 1. The van der Waals surface area contributed by atoms with E-state index in [9.17, 15) is 13.2 Å². The number of rotatable bonds is 7. The number of nitrogens with zero attached hydrogens (tertiary/aromatic N) is 1. The van der Waals surface area contributed by atoms with Crippen LogP contribution in [0.25, 0.3) is 0 Å². The summed E-state index contributed by atoms with van der Waals surface area (Å²) in [6.07, 6.45) is 1.06. The Morgan fingerprint density at radius 3 is 2.52 bits per heavy atom. The highest BCUT2D eigenvalue weighted by Crippen LogP contribution is 2.20. The van der Waals surface area contributed by atoms with Crippen LogP contribution in [0.4, 0.5) is 11.4 Å². The average molecular weight is 415 g/mol. The normalized spacial score (nSPS) is 11.1. The summed E-state index contributed by atoms with van der Waals surface area (Å²) in [6.45, 7) is 3.94. The van der Waals surface area contributed by atoms with Crippen molar-refractivity contribution >= 4 is 27.3 Å². The Morgan fingerprint density at radius 1 is 1.10 bits per heavy atom. The Kier molecular flexibility index (Phi) is 5.88. The number of aryl methyl sites for hydroxylation is 2. The fourth-order valence-corrected chi connectivity index (χ4v) is 3.22. The number of nitrogens with one attached hydrogen (secondary N) is 2. The number of amides is 1. The summed E-state index contributed by atoms with van der Waals surface area (Å²) >= 11 is 0. The molecule has 0 saturated heterocycles. The van der Waals surface area contributed by atoms with Gasteiger partial charge in [-0.2, -0.15) is 0 Å². The molecule has 2 aromatic carbocycles. The maximum atomic E-state index is 12.6. The van der Waals surface area contributed by atoms with E-state index in [-0.39, 0.29) is 12.5 Å². The molecule has 0 aliphatic carbocycles. The fraction of sp³-hybridized carbons (Fsp3) is 0.200. The lowest BCUT2D eigenvalue weighted by Gasteiger charge is -2.10. The molecule has 3 aromatic rings. The topological polar surface area (TPSA) is 111 Å². The van der Waals surface area contributed by atoms with Crippen LogP contribution >= 0.6 is 0 Å². The van der Waals surface area contributed by atoms with Crippen molar-refractivity contribution in [3.05, 3.63) is 71.1 Å². The van der Waals surface area contributed by atoms with Gasteiger partial charge in [0, 0.05) is 11.3 Å². The van der Waals surface area contributed by atoms with Gasteiger partial charge in [0.25, 0.3) is 5.91 Å². The number of aromatic nitrogens is 1. The molecular weight excluding hydrogens is 394 g/mol. The first-order chi connectivity index (χ1) is 13.7. The van der Waals surface area contributed by atoms with Crippen LogP contribution in [0.3, 0.4) is 0 Å². The van der Waals surface area contributed by atoms with Crippen LogP contribution in [0.5, 0.6) is 5.75 Å². The zero-order valence-electron chi connectivity index (χ0n) is 16.2. The maximum Gasteiger partial charge on any atom is 0.255 e. The molecular formula is C20H21N3O5S. The Hall–Kier alpha value is -3.33. The second kappa shape index (κ2) is 8.36. The number of hydrogen-bond donors (Lipinski definition) is 2. The Morgan fingerprint density at radius 2 is 1.83 bits per heavy atom. The molecule has 3 rings (SSSR count). The van der Waals surface area contributed by atoms with Crippen molar-refractivity contribution in [1.82, 2.24) is 5.16 Å². The molecule has 0 atom stereocenters. The number of carbonyl (C=O) groups is 1. The van der Waals surface area contributed by atoms with Crippen molar-refractivity contribution in [3.63, 3.8) is 0 Å². The lowest BCUT2D eigenvalue weighted by Crippen LogP contribution is -2.13. The van der Waals surface area contributed by atoms with Gasteiger partial charge in [0.15, 0.2) is 0 Å². The molecule has 0 saturated carbocycles. The van der Waals surface area contributed by atoms with Crippen LogP contribution in [0.1, 0.15) is 27.4 Å². The van der Waals surface area contributed by atoms with Gasteiger partial charge in [0.05, 0.1) is 23.2 Å². The molecule has 8 nitrogen and oxygen atoms in total. The van der Waals surface area contributed by atoms with Gasteiger partial charge in [-0.05, 0) is 50.2 Å². The molecule has 1 amide bonds. The van der Waals surface area contributed by atoms with Crippen molar-refractivity contribution < 1.29 is 22.5 Å². The van der Waals surface area contributed by atoms with Crippen LogP contribution in [0.15, 0.2) is 53.1 Å². The maximum absolute atomic E-state index is 12.6. The SMILES string of the molecule is Cc1noc(C)c1COc1cccc(C(=O)Nc2cccc(NS(C)(=O)=O)c2)c1. The number of anilines is 2. The van der Waals surface area contributed by atoms with Gasteiger partial charge in [0.1, 0.15) is 18.1 Å². The van der Waals surface area contributed by atoms with E-state index < -0.39 is 10.0 Å². The van der Waals surface area contributed by atoms with E-state index in [1.165, 1.54) is 6.07 Å². The van der Waals surface area contributed by atoms with E-state index in [0.29, 0.717) is 28.4 Å². The molecule has 152 valence electrons. The second-order valence-electron chi connectivity index (χ2n) is 6.53. The minimum atomic E-state index is -3.40. The van der Waals surface area contributed by atoms with Gasteiger partial charge < -0.3 is 14.6 Å². The molecule has 9 heteroatoms. The summed E-state index contributed by atoms with van der Waals surface area (Å²) in [7, 11) is -3.40. The Labute approximate surface area is 168 Å². The van der Waals surface area contributed by atoms with E-state index >= 15 is 0 Å². The van der Waals surface area contributed by atoms with Gasteiger partial charge in [-0.1, -0.05) is 17.3 Å². The lowest BCUT2D eigenvalue weighted by atomic mass is 10.2. The third-order valence-electron chi connectivity index (χ3n) is 4.08. The minimum Gasteiger partial charge on any atom is -0.489 e. The van der Waals surface area contributed by atoms with Crippen molar-refractivity contribution in [2.45, 2.75) is 20.5 Å². The summed E-state index contributed by atoms with van der Waals surface area (Å²) < 4.78 is 36.0. The fourth-order valence-electron chi connectivity index (χ4n) is 2.67. The molecule has 0 bridgehead atoms. The van der Waals surface area contributed by atoms with Crippen molar-refractivity contribution in [3.8, 4) is 5.75 Å². The predicted molar refractivity (Wildman–Crippen MR) is 110 cm³/mol. The minimum absolute atomic E-state index is 0.283. The lowest BCUT2D eigenvalue weighted by molar-refractivity contribution is 0.102. The number of benzene rings is 2. The molecule has 0 aliphatic heterocycles. The summed E-state index contributed by atoms with van der Waals surface area (Å²) in [5, 5.41) is 6.63. The number of ether oxygens (including phenoxy) is 1. The third kappa shape index (κ3) is 5.58.